The molecular weight excluding hydrogens is 244 g/mol. The number of carboxylic acid groups (broad SMARTS) is 1. The lowest BCUT2D eigenvalue weighted by molar-refractivity contribution is -0.149. The van der Waals surface area contributed by atoms with Crippen LogP contribution in [0.5, 0.6) is 0 Å². The van der Waals surface area contributed by atoms with E-state index in [2.05, 4.69) is 24.3 Å². The third kappa shape index (κ3) is 1.95. The van der Waals surface area contributed by atoms with Gasteiger partial charge in [-0.15, -0.1) is 11.8 Å². The average Bonchev–Trinajstić information content (AvgIpc) is 2.99. The standard InChI is InChI=1S/C15H18O2S/c16-14(17)15(7-3-4-8-15)9-11-10-18-13-6-2-1-5-12(11)13/h1-2,5-6,11H,3-4,7-10H2,(H,16,17). The molecule has 0 aromatic heterocycles. The number of carboxylic acids is 1. The molecule has 1 aliphatic heterocycles. The van der Waals surface area contributed by atoms with Crippen LogP contribution in [0.2, 0.25) is 0 Å². The summed E-state index contributed by atoms with van der Waals surface area (Å²) in [4.78, 5) is 13.0. The van der Waals surface area contributed by atoms with Gasteiger partial charge in [0.05, 0.1) is 5.41 Å². The van der Waals surface area contributed by atoms with E-state index >= 15 is 0 Å². The molecule has 1 fully saturated rings. The number of carbonyl (C=O) groups is 1. The van der Waals surface area contributed by atoms with E-state index in [1.807, 2.05) is 11.8 Å². The summed E-state index contributed by atoms with van der Waals surface area (Å²) in [6, 6.07) is 8.46. The van der Waals surface area contributed by atoms with Crippen molar-refractivity contribution >= 4 is 17.7 Å². The number of aliphatic carboxylic acids is 1. The smallest absolute Gasteiger partial charge is 0.309 e. The van der Waals surface area contributed by atoms with Gasteiger partial charge in [-0.3, -0.25) is 4.79 Å². The molecule has 2 nitrogen and oxygen atoms in total. The van der Waals surface area contributed by atoms with Crippen LogP contribution in [0.15, 0.2) is 29.2 Å². The van der Waals surface area contributed by atoms with Crippen molar-refractivity contribution in [1.29, 1.82) is 0 Å². The van der Waals surface area contributed by atoms with Gasteiger partial charge in [-0.25, -0.2) is 0 Å². The van der Waals surface area contributed by atoms with Gasteiger partial charge in [0.1, 0.15) is 0 Å². The number of hydrogen-bond donors (Lipinski definition) is 1. The van der Waals surface area contributed by atoms with Crippen molar-refractivity contribution in [3.63, 3.8) is 0 Å². The molecule has 18 heavy (non-hydrogen) atoms. The van der Waals surface area contributed by atoms with Crippen LogP contribution in [0.3, 0.4) is 0 Å². The monoisotopic (exact) mass is 262 g/mol. The first-order chi connectivity index (χ1) is 8.71. The van der Waals surface area contributed by atoms with E-state index in [9.17, 15) is 9.90 Å². The summed E-state index contributed by atoms with van der Waals surface area (Å²) in [5.74, 6) is 0.906. The molecule has 3 rings (SSSR count). The molecule has 1 unspecified atom stereocenters. The number of rotatable bonds is 3. The lowest BCUT2D eigenvalue weighted by Crippen LogP contribution is -2.30. The maximum Gasteiger partial charge on any atom is 0.309 e. The minimum Gasteiger partial charge on any atom is -0.481 e. The summed E-state index contributed by atoms with van der Waals surface area (Å²) in [6.07, 6.45) is 4.71. The second-order valence-corrected chi connectivity index (χ2v) is 6.60. The largest absolute Gasteiger partial charge is 0.481 e. The van der Waals surface area contributed by atoms with Gasteiger partial charge in [0.15, 0.2) is 0 Å². The Kier molecular flexibility index (Phi) is 3.10. The molecule has 1 N–H and O–H groups in total. The minimum absolute atomic E-state index is 0.431. The van der Waals surface area contributed by atoms with Crippen molar-refractivity contribution in [3.8, 4) is 0 Å². The highest BCUT2D eigenvalue weighted by molar-refractivity contribution is 7.99. The normalized spacial score (nSPS) is 25.0. The molecule has 1 aromatic rings. The second kappa shape index (κ2) is 4.61. The Bertz CT molecular complexity index is 463. The Labute approximate surface area is 112 Å². The number of hydrogen-bond acceptors (Lipinski definition) is 2. The van der Waals surface area contributed by atoms with Crippen molar-refractivity contribution in [2.24, 2.45) is 5.41 Å². The Hall–Kier alpha value is -0.960. The fraction of sp³-hybridized carbons (Fsp3) is 0.533. The Morgan fingerprint density at radius 3 is 2.78 bits per heavy atom. The zero-order valence-electron chi connectivity index (χ0n) is 10.4. The fourth-order valence-electron chi connectivity index (χ4n) is 3.43. The van der Waals surface area contributed by atoms with Crippen LogP contribution in [0.4, 0.5) is 0 Å². The van der Waals surface area contributed by atoms with Crippen LogP contribution >= 0.6 is 11.8 Å². The Balaban J connectivity index is 1.83. The van der Waals surface area contributed by atoms with Crippen LogP contribution < -0.4 is 0 Å². The van der Waals surface area contributed by atoms with E-state index in [0.717, 1.165) is 37.9 Å². The van der Waals surface area contributed by atoms with Crippen LogP contribution in [0.25, 0.3) is 0 Å². The highest BCUT2D eigenvalue weighted by atomic mass is 32.2. The van der Waals surface area contributed by atoms with E-state index in [1.54, 1.807) is 0 Å². The van der Waals surface area contributed by atoms with Gasteiger partial charge in [0.2, 0.25) is 0 Å². The van der Waals surface area contributed by atoms with Crippen molar-refractivity contribution in [2.75, 3.05) is 5.75 Å². The van der Waals surface area contributed by atoms with Crippen LogP contribution in [-0.2, 0) is 4.79 Å². The van der Waals surface area contributed by atoms with Gasteiger partial charge in [0.25, 0.3) is 0 Å². The highest BCUT2D eigenvalue weighted by Gasteiger charge is 2.44. The van der Waals surface area contributed by atoms with Gasteiger partial charge in [-0.2, -0.15) is 0 Å². The third-order valence-corrected chi connectivity index (χ3v) is 5.70. The Morgan fingerprint density at radius 2 is 2.06 bits per heavy atom. The maximum atomic E-state index is 11.6. The molecule has 3 heteroatoms. The quantitative estimate of drug-likeness (QED) is 0.897. The summed E-state index contributed by atoms with van der Waals surface area (Å²) >= 11 is 1.88. The lowest BCUT2D eigenvalue weighted by Gasteiger charge is -2.27. The van der Waals surface area contributed by atoms with Crippen LogP contribution in [-0.4, -0.2) is 16.8 Å². The molecule has 1 atom stereocenters. The van der Waals surface area contributed by atoms with Gasteiger partial charge in [0, 0.05) is 10.6 Å². The van der Waals surface area contributed by atoms with Gasteiger partial charge < -0.3 is 5.11 Å². The first-order valence-electron chi connectivity index (χ1n) is 6.66. The second-order valence-electron chi connectivity index (χ2n) is 5.54. The summed E-state index contributed by atoms with van der Waals surface area (Å²) < 4.78 is 0. The van der Waals surface area contributed by atoms with Crippen molar-refractivity contribution in [2.45, 2.75) is 42.9 Å². The van der Waals surface area contributed by atoms with Crippen molar-refractivity contribution in [1.82, 2.24) is 0 Å². The molecule has 0 saturated heterocycles. The zero-order chi connectivity index (χ0) is 12.6. The van der Waals surface area contributed by atoms with E-state index < -0.39 is 11.4 Å². The fourth-order valence-corrected chi connectivity index (χ4v) is 4.68. The minimum atomic E-state index is -0.575. The topological polar surface area (TPSA) is 37.3 Å². The first kappa shape index (κ1) is 12.1. The van der Waals surface area contributed by atoms with E-state index in [4.69, 9.17) is 0 Å². The highest BCUT2D eigenvalue weighted by Crippen LogP contribution is 2.50. The lowest BCUT2D eigenvalue weighted by atomic mass is 9.76. The molecule has 2 aliphatic rings. The molecule has 0 amide bonds. The van der Waals surface area contributed by atoms with Crippen molar-refractivity contribution in [3.05, 3.63) is 29.8 Å². The molecular formula is C15H18O2S. The Morgan fingerprint density at radius 1 is 1.33 bits per heavy atom. The summed E-state index contributed by atoms with van der Waals surface area (Å²) in [5, 5.41) is 9.57. The number of benzene rings is 1. The average molecular weight is 262 g/mol. The summed E-state index contributed by atoms with van der Waals surface area (Å²) in [5.41, 5.74) is 0.929. The molecule has 1 heterocycles. The molecule has 1 aliphatic carbocycles. The molecule has 0 spiro atoms. The van der Waals surface area contributed by atoms with E-state index in [-0.39, 0.29) is 0 Å². The van der Waals surface area contributed by atoms with E-state index in [1.165, 1.54) is 10.5 Å². The number of fused-ring (bicyclic) bond motifs is 1. The van der Waals surface area contributed by atoms with Gasteiger partial charge >= 0.3 is 5.97 Å². The van der Waals surface area contributed by atoms with Crippen molar-refractivity contribution < 1.29 is 9.90 Å². The molecule has 0 bridgehead atoms. The zero-order valence-corrected chi connectivity index (χ0v) is 11.2. The van der Waals surface area contributed by atoms with E-state index in [0.29, 0.717) is 5.92 Å². The predicted molar refractivity (Wildman–Crippen MR) is 73.1 cm³/mol. The molecule has 1 aromatic carbocycles. The number of thioether (sulfide) groups is 1. The van der Waals surface area contributed by atoms with Crippen LogP contribution in [0, 0.1) is 5.41 Å². The van der Waals surface area contributed by atoms with Gasteiger partial charge in [-0.05, 0) is 36.8 Å². The first-order valence-corrected chi connectivity index (χ1v) is 7.65. The SMILES string of the molecule is O=C(O)C1(CC2CSc3ccccc32)CCCC1. The third-order valence-electron chi connectivity index (χ3n) is 4.45. The molecule has 96 valence electrons. The molecule has 0 radical (unpaired) electrons. The van der Waals surface area contributed by atoms with Gasteiger partial charge in [-0.1, -0.05) is 31.0 Å². The molecule has 1 saturated carbocycles. The van der Waals surface area contributed by atoms with Crippen LogP contribution in [0.1, 0.15) is 43.6 Å². The predicted octanol–water partition coefficient (Wildman–Crippen LogP) is 3.91. The summed E-state index contributed by atoms with van der Waals surface area (Å²) in [7, 11) is 0. The maximum absolute atomic E-state index is 11.6. The summed E-state index contributed by atoms with van der Waals surface area (Å²) in [6.45, 7) is 0.